The zero-order chi connectivity index (χ0) is 19.2. The van der Waals surface area contributed by atoms with E-state index in [0.29, 0.717) is 32.6 Å². The van der Waals surface area contributed by atoms with Crippen molar-refractivity contribution < 1.29 is 14.3 Å². The summed E-state index contributed by atoms with van der Waals surface area (Å²) in [4.78, 5) is 32.2. The largest absolute Gasteiger partial charge is 0.495 e. The third kappa shape index (κ3) is 4.91. The van der Waals surface area contributed by atoms with Gasteiger partial charge in [-0.3, -0.25) is 14.5 Å². The van der Waals surface area contributed by atoms with Crippen LogP contribution in [0.1, 0.15) is 13.3 Å². The second-order valence-electron chi connectivity index (χ2n) is 7.14. The van der Waals surface area contributed by atoms with E-state index in [1.165, 1.54) is 0 Å². The summed E-state index contributed by atoms with van der Waals surface area (Å²) in [6, 6.07) is 8.11. The first-order valence-corrected chi connectivity index (χ1v) is 9.72. The van der Waals surface area contributed by atoms with Gasteiger partial charge in [0.15, 0.2) is 0 Å². The zero-order valence-corrected chi connectivity index (χ0v) is 16.4. The minimum atomic E-state index is 0.0926. The predicted molar refractivity (Wildman–Crippen MR) is 105 cm³/mol. The van der Waals surface area contributed by atoms with Crippen molar-refractivity contribution in [2.75, 3.05) is 70.9 Å². The topological polar surface area (TPSA) is 56.3 Å². The Balaban J connectivity index is 1.41. The summed E-state index contributed by atoms with van der Waals surface area (Å²) in [7, 11) is 1.71. The fourth-order valence-electron chi connectivity index (χ4n) is 3.79. The molecule has 0 unspecified atom stereocenters. The zero-order valence-electron chi connectivity index (χ0n) is 16.4. The maximum atomic E-state index is 12.5. The highest BCUT2D eigenvalue weighted by Gasteiger charge is 2.24. The molecule has 7 heteroatoms. The third-order valence-electron chi connectivity index (χ3n) is 5.52. The molecule has 0 bridgehead atoms. The van der Waals surface area contributed by atoms with Crippen molar-refractivity contribution in [2.45, 2.75) is 13.3 Å². The molecule has 148 valence electrons. The number of nitrogens with zero attached hydrogens (tertiary/aromatic N) is 4. The lowest BCUT2D eigenvalue weighted by atomic mass is 10.2. The number of ether oxygens (including phenoxy) is 1. The van der Waals surface area contributed by atoms with E-state index >= 15 is 0 Å². The molecule has 1 aromatic carbocycles. The summed E-state index contributed by atoms with van der Waals surface area (Å²) in [6.07, 6.45) is 0.550. The molecule has 2 saturated heterocycles. The van der Waals surface area contributed by atoms with Crippen LogP contribution in [-0.4, -0.2) is 92.5 Å². The quantitative estimate of drug-likeness (QED) is 0.766. The number of amides is 2. The molecule has 2 heterocycles. The fourth-order valence-corrected chi connectivity index (χ4v) is 3.79. The molecule has 0 saturated carbocycles. The summed E-state index contributed by atoms with van der Waals surface area (Å²) < 4.78 is 5.46. The van der Waals surface area contributed by atoms with Crippen molar-refractivity contribution in [1.82, 2.24) is 14.7 Å². The first kappa shape index (κ1) is 19.5. The van der Waals surface area contributed by atoms with Crippen LogP contribution in [0.15, 0.2) is 24.3 Å². The Bertz CT molecular complexity index is 650. The molecule has 0 N–H and O–H groups in total. The van der Waals surface area contributed by atoms with Crippen molar-refractivity contribution in [3.05, 3.63) is 24.3 Å². The second kappa shape index (κ2) is 9.08. The highest BCUT2D eigenvalue weighted by molar-refractivity contribution is 5.77. The Labute approximate surface area is 161 Å². The molecule has 1 aromatic rings. The number of anilines is 1. The van der Waals surface area contributed by atoms with Gasteiger partial charge in [0.2, 0.25) is 11.8 Å². The van der Waals surface area contributed by atoms with Crippen molar-refractivity contribution in [3.63, 3.8) is 0 Å². The van der Waals surface area contributed by atoms with Gasteiger partial charge in [0.1, 0.15) is 5.75 Å². The van der Waals surface area contributed by atoms with Crippen LogP contribution in [0.5, 0.6) is 5.75 Å². The summed E-state index contributed by atoms with van der Waals surface area (Å²) in [5.74, 6) is 1.20. The Morgan fingerprint density at radius 1 is 0.926 bits per heavy atom. The highest BCUT2D eigenvalue weighted by Crippen LogP contribution is 2.28. The second-order valence-corrected chi connectivity index (χ2v) is 7.14. The normalized spacial score (nSPS) is 18.5. The van der Waals surface area contributed by atoms with Crippen LogP contribution in [0.3, 0.4) is 0 Å². The Morgan fingerprint density at radius 2 is 1.56 bits per heavy atom. The molecule has 2 aliphatic heterocycles. The summed E-state index contributed by atoms with van der Waals surface area (Å²) in [6.45, 7) is 8.76. The SMILES string of the molecule is COc1ccccc1N1CCN(CCC(=O)N2CCN(C(C)=O)CC2)CC1. The maximum absolute atomic E-state index is 12.5. The van der Waals surface area contributed by atoms with Crippen molar-refractivity contribution in [2.24, 2.45) is 0 Å². The van der Waals surface area contributed by atoms with Gasteiger partial charge >= 0.3 is 0 Å². The van der Waals surface area contributed by atoms with Gasteiger partial charge in [-0.1, -0.05) is 12.1 Å². The lowest BCUT2D eigenvalue weighted by Gasteiger charge is -2.37. The molecule has 0 aliphatic carbocycles. The van der Waals surface area contributed by atoms with Gasteiger partial charge in [-0.25, -0.2) is 0 Å². The molecular weight excluding hydrogens is 344 g/mol. The minimum absolute atomic E-state index is 0.0926. The standard InChI is InChI=1S/C20H30N4O3/c1-17(25)22-13-15-24(16-14-22)20(26)7-8-21-9-11-23(12-10-21)18-5-3-4-6-19(18)27-2/h3-6H,7-16H2,1-2H3. The van der Waals surface area contributed by atoms with Crippen LogP contribution in [-0.2, 0) is 9.59 Å². The number of rotatable bonds is 5. The van der Waals surface area contributed by atoms with Crippen LogP contribution in [0, 0.1) is 0 Å². The van der Waals surface area contributed by atoms with E-state index in [-0.39, 0.29) is 11.8 Å². The van der Waals surface area contributed by atoms with E-state index in [1.54, 1.807) is 18.9 Å². The number of carbonyl (C=O) groups is 2. The van der Waals surface area contributed by atoms with Gasteiger partial charge in [0, 0.05) is 72.2 Å². The van der Waals surface area contributed by atoms with Crippen molar-refractivity contribution in [3.8, 4) is 5.75 Å². The van der Waals surface area contributed by atoms with Crippen LogP contribution in [0.25, 0.3) is 0 Å². The number of methoxy groups -OCH3 is 1. The van der Waals surface area contributed by atoms with Gasteiger partial charge < -0.3 is 19.4 Å². The molecule has 2 amide bonds. The van der Waals surface area contributed by atoms with Crippen LogP contribution in [0.2, 0.25) is 0 Å². The third-order valence-corrected chi connectivity index (χ3v) is 5.52. The first-order chi connectivity index (χ1) is 13.1. The molecule has 27 heavy (non-hydrogen) atoms. The number of benzene rings is 1. The number of piperazine rings is 2. The van der Waals surface area contributed by atoms with Gasteiger partial charge in [-0.05, 0) is 12.1 Å². The molecule has 7 nitrogen and oxygen atoms in total. The average molecular weight is 374 g/mol. The van der Waals surface area contributed by atoms with Gasteiger partial charge in [0.05, 0.1) is 12.8 Å². The monoisotopic (exact) mass is 374 g/mol. The highest BCUT2D eigenvalue weighted by atomic mass is 16.5. The Kier molecular flexibility index (Phi) is 6.55. The smallest absolute Gasteiger partial charge is 0.223 e. The molecule has 0 radical (unpaired) electrons. The summed E-state index contributed by atoms with van der Waals surface area (Å²) in [5, 5.41) is 0. The average Bonchev–Trinajstić information content (AvgIpc) is 2.72. The Hall–Kier alpha value is -2.28. The van der Waals surface area contributed by atoms with E-state index in [2.05, 4.69) is 15.9 Å². The van der Waals surface area contributed by atoms with E-state index < -0.39 is 0 Å². The summed E-state index contributed by atoms with van der Waals surface area (Å²) in [5.41, 5.74) is 1.14. The lowest BCUT2D eigenvalue weighted by Crippen LogP contribution is -2.51. The maximum Gasteiger partial charge on any atom is 0.223 e. The first-order valence-electron chi connectivity index (χ1n) is 9.72. The van der Waals surface area contributed by atoms with E-state index in [9.17, 15) is 9.59 Å². The predicted octanol–water partition coefficient (Wildman–Crippen LogP) is 0.898. The molecule has 2 aliphatic rings. The van der Waals surface area contributed by atoms with E-state index in [0.717, 1.165) is 44.2 Å². The molecule has 0 spiro atoms. The van der Waals surface area contributed by atoms with Crippen LogP contribution in [0.4, 0.5) is 5.69 Å². The molecule has 0 atom stereocenters. The van der Waals surface area contributed by atoms with Crippen molar-refractivity contribution >= 4 is 17.5 Å². The molecule has 2 fully saturated rings. The van der Waals surface area contributed by atoms with Crippen LogP contribution < -0.4 is 9.64 Å². The number of carbonyl (C=O) groups excluding carboxylic acids is 2. The number of para-hydroxylation sites is 2. The van der Waals surface area contributed by atoms with Crippen LogP contribution >= 0.6 is 0 Å². The molecular formula is C20H30N4O3. The van der Waals surface area contributed by atoms with E-state index in [4.69, 9.17) is 4.74 Å². The van der Waals surface area contributed by atoms with Gasteiger partial charge in [-0.15, -0.1) is 0 Å². The fraction of sp³-hybridized carbons (Fsp3) is 0.600. The van der Waals surface area contributed by atoms with E-state index in [1.807, 2.05) is 23.1 Å². The lowest BCUT2D eigenvalue weighted by molar-refractivity contribution is -0.138. The van der Waals surface area contributed by atoms with Gasteiger partial charge in [0.25, 0.3) is 0 Å². The Morgan fingerprint density at radius 3 is 2.19 bits per heavy atom. The molecule has 0 aromatic heterocycles. The molecule has 3 rings (SSSR count). The number of hydrogen-bond donors (Lipinski definition) is 0. The van der Waals surface area contributed by atoms with Crippen molar-refractivity contribution in [1.29, 1.82) is 0 Å². The van der Waals surface area contributed by atoms with Gasteiger partial charge in [-0.2, -0.15) is 0 Å². The summed E-state index contributed by atoms with van der Waals surface area (Å²) >= 11 is 0. The number of hydrogen-bond acceptors (Lipinski definition) is 5. The minimum Gasteiger partial charge on any atom is -0.495 e.